The van der Waals surface area contributed by atoms with E-state index in [9.17, 15) is 9.59 Å². The summed E-state index contributed by atoms with van der Waals surface area (Å²) in [5.41, 5.74) is -0.0875. The Balaban J connectivity index is 2.45. The predicted octanol–water partition coefficient (Wildman–Crippen LogP) is 1.27. The van der Waals surface area contributed by atoms with Crippen molar-refractivity contribution in [2.75, 3.05) is 6.54 Å². The first-order valence-electron chi connectivity index (χ1n) is 5.53. The normalized spacial score (nSPS) is 26.4. The summed E-state index contributed by atoms with van der Waals surface area (Å²) in [6.45, 7) is 5.73. The fraction of sp³-hybridized carbons (Fsp3) is 0.750. The Morgan fingerprint density at radius 3 is 2.56 bits per heavy atom. The molecule has 1 amide bonds. The summed E-state index contributed by atoms with van der Waals surface area (Å²) in [4.78, 5) is 22.7. The minimum Gasteiger partial charge on any atom is -0.343 e. The number of carbonyl (C=O) groups excluding carboxylic acids is 2. The van der Waals surface area contributed by atoms with E-state index in [2.05, 4.69) is 5.32 Å². The number of ketones is 1. The lowest BCUT2D eigenvalue weighted by molar-refractivity contribution is -0.140. The largest absolute Gasteiger partial charge is 0.343 e. The highest BCUT2D eigenvalue weighted by atomic mass is 16.1. The van der Waals surface area contributed by atoms with Gasteiger partial charge in [-0.2, -0.15) is 5.26 Å². The van der Waals surface area contributed by atoms with E-state index in [1.54, 1.807) is 6.92 Å². The van der Waals surface area contributed by atoms with Crippen LogP contribution >= 0.6 is 0 Å². The van der Waals surface area contributed by atoms with Crippen molar-refractivity contribution in [2.45, 2.75) is 33.6 Å². The lowest BCUT2D eigenvalue weighted by Gasteiger charge is -2.51. The Morgan fingerprint density at radius 1 is 1.50 bits per heavy atom. The summed E-state index contributed by atoms with van der Waals surface area (Å²) in [5.74, 6) is 0.446. The molecule has 0 aromatic heterocycles. The van der Waals surface area contributed by atoms with Gasteiger partial charge in [-0.15, -0.1) is 0 Å². The Kier molecular flexibility index (Phi) is 3.69. The van der Waals surface area contributed by atoms with Crippen LogP contribution in [0.15, 0.2) is 0 Å². The van der Waals surface area contributed by atoms with Crippen molar-refractivity contribution in [3.05, 3.63) is 0 Å². The van der Waals surface area contributed by atoms with Crippen molar-refractivity contribution >= 4 is 11.7 Å². The van der Waals surface area contributed by atoms with E-state index in [1.165, 1.54) is 0 Å². The molecule has 0 aromatic carbocycles. The molecule has 0 bridgehead atoms. The van der Waals surface area contributed by atoms with E-state index in [0.717, 1.165) is 6.42 Å². The average molecular weight is 222 g/mol. The van der Waals surface area contributed by atoms with Crippen molar-refractivity contribution < 1.29 is 9.59 Å². The molecule has 0 aromatic rings. The second-order valence-electron chi connectivity index (χ2n) is 5.06. The number of nitriles is 1. The molecule has 0 saturated heterocycles. The van der Waals surface area contributed by atoms with Crippen molar-refractivity contribution in [1.29, 1.82) is 5.26 Å². The van der Waals surface area contributed by atoms with E-state index in [-0.39, 0.29) is 35.5 Å². The van der Waals surface area contributed by atoms with Gasteiger partial charge < -0.3 is 5.32 Å². The second kappa shape index (κ2) is 4.65. The van der Waals surface area contributed by atoms with Gasteiger partial charge in [0.15, 0.2) is 0 Å². The molecule has 2 atom stereocenters. The maximum Gasteiger partial charge on any atom is 0.221 e. The molecule has 1 aliphatic rings. The van der Waals surface area contributed by atoms with Crippen molar-refractivity contribution in [3.8, 4) is 6.07 Å². The molecule has 1 N–H and O–H groups in total. The van der Waals surface area contributed by atoms with Crippen LogP contribution in [0.25, 0.3) is 0 Å². The first-order chi connectivity index (χ1) is 7.39. The Bertz CT molecular complexity index is 341. The summed E-state index contributed by atoms with van der Waals surface area (Å²) in [6, 6.07) is 1.87. The van der Waals surface area contributed by atoms with Crippen molar-refractivity contribution in [2.24, 2.45) is 17.3 Å². The molecular formula is C12H18N2O2. The lowest BCUT2D eigenvalue weighted by Crippen LogP contribution is -2.49. The van der Waals surface area contributed by atoms with E-state index in [1.807, 2.05) is 19.9 Å². The molecule has 1 saturated carbocycles. The molecule has 1 fully saturated rings. The molecule has 4 nitrogen and oxygen atoms in total. The van der Waals surface area contributed by atoms with Crippen molar-refractivity contribution in [3.63, 3.8) is 0 Å². The summed E-state index contributed by atoms with van der Waals surface area (Å²) in [5, 5.41) is 10.9. The van der Waals surface area contributed by atoms with Gasteiger partial charge in [0.1, 0.15) is 12.3 Å². The fourth-order valence-electron chi connectivity index (χ4n) is 2.49. The monoisotopic (exact) mass is 222 g/mol. The number of nitrogens with one attached hydrogen (secondary N) is 1. The first-order valence-corrected chi connectivity index (χ1v) is 5.53. The molecule has 16 heavy (non-hydrogen) atoms. The quantitative estimate of drug-likeness (QED) is 0.728. The van der Waals surface area contributed by atoms with Crippen LogP contribution in [0.5, 0.6) is 0 Å². The second-order valence-corrected chi connectivity index (χ2v) is 5.06. The van der Waals surface area contributed by atoms with E-state index in [4.69, 9.17) is 5.26 Å². The van der Waals surface area contributed by atoms with E-state index in [0.29, 0.717) is 6.42 Å². The fourth-order valence-corrected chi connectivity index (χ4v) is 2.49. The molecule has 0 radical (unpaired) electrons. The Labute approximate surface area is 96.0 Å². The van der Waals surface area contributed by atoms with Crippen LogP contribution in [0.1, 0.15) is 33.6 Å². The third-order valence-corrected chi connectivity index (χ3v) is 3.76. The van der Waals surface area contributed by atoms with Crippen LogP contribution in [0.3, 0.4) is 0 Å². The van der Waals surface area contributed by atoms with Gasteiger partial charge in [-0.25, -0.2) is 0 Å². The zero-order valence-electron chi connectivity index (χ0n) is 10.0. The maximum absolute atomic E-state index is 11.4. The third kappa shape index (κ3) is 2.41. The third-order valence-electron chi connectivity index (χ3n) is 3.76. The zero-order valence-corrected chi connectivity index (χ0v) is 10.0. The average Bonchev–Trinajstić information content (AvgIpc) is 2.20. The van der Waals surface area contributed by atoms with Gasteiger partial charge in [-0.3, -0.25) is 9.59 Å². The van der Waals surface area contributed by atoms with Crippen LogP contribution in [0, 0.1) is 28.6 Å². The van der Waals surface area contributed by atoms with Gasteiger partial charge in [-0.05, 0) is 24.7 Å². The number of amides is 1. The highest BCUT2D eigenvalue weighted by Gasteiger charge is 2.50. The van der Waals surface area contributed by atoms with Gasteiger partial charge >= 0.3 is 0 Å². The molecular weight excluding hydrogens is 204 g/mol. The Morgan fingerprint density at radius 2 is 2.12 bits per heavy atom. The topological polar surface area (TPSA) is 70.0 Å². The molecule has 0 unspecified atom stereocenters. The van der Waals surface area contributed by atoms with E-state index < -0.39 is 0 Å². The minimum atomic E-state index is -0.0957. The minimum absolute atomic E-state index is 0.0577. The van der Waals surface area contributed by atoms with Gasteiger partial charge in [0.25, 0.3) is 0 Å². The van der Waals surface area contributed by atoms with E-state index >= 15 is 0 Å². The zero-order chi connectivity index (χ0) is 12.3. The molecule has 1 aliphatic carbocycles. The number of hydrogen-bond donors (Lipinski definition) is 1. The van der Waals surface area contributed by atoms with Crippen molar-refractivity contribution in [1.82, 2.24) is 5.32 Å². The van der Waals surface area contributed by atoms with Gasteiger partial charge in [-0.1, -0.05) is 13.8 Å². The summed E-state index contributed by atoms with van der Waals surface area (Å²) in [6.07, 6.45) is 1.21. The van der Waals surface area contributed by atoms with Crippen LogP contribution < -0.4 is 5.32 Å². The standard InChI is InChI=1S/C12H18N2O2/c1-8(15)10-6-9(12(10,2)3)7-11(16)14-5-4-13/h9-10H,5-7H2,1-3H3,(H,14,16)/t9-,10+/m0/s1. The molecule has 0 aliphatic heterocycles. The number of carbonyl (C=O) groups is 2. The molecule has 0 heterocycles. The van der Waals surface area contributed by atoms with Gasteiger partial charge in [0, 0.05) is 12.3 Å². The number of Topliss-reactive ketones (excluding diaryl/α,β-unsaturated/α-hetero) is 1. The highest BCUT2D eigenvalue weighted by Crippen LogP contribution is 2.53. The molecule has 4 heteroatoms. The summed E-state index contributed by atoms with van der Waals surface area (Å²) in [7, 11) is 0. The molecule has 0 spiro atoms. The van der Waals surface area contributed by atoms with Gasteiger partial charge in [0.2, 0.25) is 5.91 Å². The molecule has 1 rings (SSSR count). The summed E-state index contributed by atoms with van der Waals surface area (Å²) < 4.78 is 0. The lowest BCUT2D eigenvalue weighted by atomic mass is 9.52. The molecule has 88 valence electrons. The smallest absolute Gasteiger partial charge is 0.221 e. The van der Waals surface area contributed by atoms with Crippen LogP contribution in [-0.2, 0) is 9.59 Å². The summed E-state index contributed by atoms with van der Waals surface area (Å²) >= 11 is 0. The predicted molar refractivity (Wildman–Crippen MR) is 59.3 cm³/mol. The van der Waals surface area contributed by atoms with Crippen LogP contribution in [0.2, 0.25) is 0 Å². The van der Waals surface area contributed by atoms with Gasteiger partial charge in [0.05, 0.1) is 6.07 Å². The maximum atomic E-state index is 11.4. The first kappa shape index (κ1) is 12.7. The Hall–Kier alpha value is -1.37. The number of rotatable bonds is 4. The number of nitrogens with zero attached hydrogens (tertiary/aromatic N) is 1. The SMILES string of the molecule is CC(=O)[C@H]1C[C@@H](CC(=O)NCC#N)C1(C)C. The van der Waals surface area contributed by atoms with Crippen LogP contribution in [-0.4, -0.2) is 18.2 Å². The highest BCUT2D eigenvalue weighted by molar-refractivity contribution is 5.81. The van der Waals surface area contributed by atoms with Crippen LogP contribution in [0.4, 0.5) is 0 Å². The number of hydrogen-bond acceptors (Lipinski definition) is 3.